The molecule has 0 aromatic heterocycles. The van der Waals surface area contributed by atoms with E-state index in [2.05, 4.69) is 15.9 Å². The van der Waals surface area contributed by atoms with Gasteiger partial charge in [0.15, 0.2) is 6.61 Å². The molecular formula is C11H8BrFN2O. The summed E-state index contributed by atoms with van der Waals surface area (Å²) in [7, 11) is 0. The molecule has 0 N–H and O–H groups in total. The van der Waals surface area contributed by atoms with Crippen LogP contribution in [0, 0.1) is 22.7 Å². The third kappa shape index (κ3) is 3.22. The zero-order chi connectivity index (χ0) is 12.0. The summed E-state index contributed by atoms with van der Waals surface area (Å²) in [5.41, 5.74) is 0.283. The zero-order valence-corrected chi connectivity index (χ0v) is 9.87. The standard InChI is InChI=1S/C11H8BrFN2O/c12-8-1-2-11(16-6-5-15)9(7-8)10(13)3-4-14/h1-2,7,10H,3,6H2. The van der Waals surface area contributed by atoms with Crippen LogP contribution in [-0.4, -0.2) is 6.61 Å². The quantitative estimate of drug-likeness (QED) is 0.852. The van der Waals surface area contributed by atoms with E-state index in [0.717, 1.165) is 0 Å². The number of ether oxygens (including phenoxy) is 1. The smallest absolute Gasteiger partial charge is 0.174 e. The van der Waals surface area contributed by atoms with Crippen LogP contribution in [0.15, 0.2) is 22.7 Å². The highest BCUT2D eigenvalue weighted by Crippen LogP contribution is 2.32. The Balaban J connectivity index is 2.99. The zero-order valence-electron chi connectivity index (χ0n) is 8.28. The predicted octanol–water partition coefficient (Wildman–Crippen LogP) is 3.28. The molecule has 82 valence electrons. The number of hydrogen-bond acceptors (Lipinski definition) is 3. The van der Waals surface area contributed by atoms with Crippen molar-refractivity contribution < 1.29 is 9.13 Å². The number of halogens is 2. The van der Waals surface area contributed by atoms with Gasteiger partial charge in [0.2, 0.25) is 0 Å². The first-order valence-corrected chi connectivity index (χ1v) is 5.28. The highest BCUT2D eigenvalue weighted by atomic mass is 79.9. The van der Waals surface area contributed by atoms with Crippen LogP contribution < -0.4 is 4.74 Å². The van der Waals surface area contributed by atoms with Gasteiger partial charge in [0.25, 0.3) is 0 Å². The van der Waals surface area contributed by atoms with Gasteiger partial charge in [0.1, 0.15) is 18.0 Å². The van der Waals surface area contributed by atoms with Crippen molar-refractivity contribution in [1.29, 1.82) is 10.5 Å². The van der Waals surface area contributed by atoms with Crippen LogP contribution in [-0.2, 0) is 0 Å². The van der Waals surface area contributed by atoms with Gasteiger partial charge in [-0.3, -0.25) is 0 Å². The molecule has 16 heavy (non-hydrogen) atoms. The van der Waals surface area contributed by atoms with Gasteiger partial charge >= 0.3 is 0 Å². The average Bonchev–Trinajstić information content (AvgIpc) is 2.27. The van der Waals surface area contributed by atoms with Crippen molar-refractivity contribution in [3.63, 3.8) is 0 Å². The van der Waals surface area contributed by atoms with Gasteiger partial charge in [-0.1, -0.05) is 15.9 Å². The van der Waals surface area contributed by atoms with Crippen molar-refractivity contribution in [2.24, 2.45) is 0 Å². The summed E-state index contributed by atoms with van der Waals surface area (Å²) in [4.78, 5) is 0. The summed E-state index contributed by atoms with van der Waals surface area (Å²) in [6.45, 7) is -0.145. The second-order valence-electron chi connectivity index (χ2n) is 2.96. The Labute approximate surface area is 101 Å². The number of benzene rings is 1. The van der Waals surface area contributed by atoms with E-state index in [9.17, 15) is 4.39 Å². The predicted molar refractivity (Wildman–Crippen MR) is 59.3 cm³/mol. The summed E-state index contributed by atoms with van der Waals surface area (Å²) in [5.74, 6) is 0.299. The van der Waals surface area contributed by atoms with Crippen LogP contribution in [0.5, 0.6) is 5.75 Å². The maximum absolute atomic E-state index is 13.6. The lowest BCUT2D eigenvalue weighted by Crippen LogP contribution is -2.00. The Morgan fingerprint density at radius 3 is 2.75 bits per heavy atom. The molecule has 5 heteroatoms. The summed E-state index contributed by atoms with van der Waals surface area (Å²) < 4.78 is 19.4. The van der Waals surface area contributed by atoms with Gasteiger partial charge in [-0.05, 0) is 18.2 Å². The third-order valence-electron chi connectivity index (χ3n) is 1.87. The van der Waals surface area contributed by atoms with E-state index in [1.54, 1.807) is 24.3 Å². The molecule has 1 unspecified atom stereocenters. The molecule has 0 spiro atoms. The molecular weight excluding hydrogens is 275 g/mol. The fourth-order valence-corrected chi connectivity index (χ4v) is 1.57. The highest BCUT2D eigenvalue weighted by molar-refractivity contribution is 9.10. The molecule has 1 atom stereocenters. The van der Waals surface area contributed by atoms with E-state index >= 15 is 0 Å². The molecule has 3 nitrogen and oxygen atoms in total. The van der Waals surface area contributed by atoms with Gasteiger partial charge in [-0.2, -0.15) is 10.5 Å². The van der Waals surface area contributed by atoms with Crippen LogP contribution in [0.25, 0.3) is 0 Å². The third-order valence-corrected chi connectivity index (χ3v) is 2.37. The van der Waals surface area contributed by atoms with Crippen molar-refractivity contribution in [2.45, 2.75) is 12.6 Å². The molecule has 1 aromatic rings. The molecule has 1 aromatic carbocycles. The SMILES string of the molecule is N#CCOc1ccc(Br)cc1C(F)CC#N. The number of hydrogen-bond donors (Lipinski definition) is 0. The van der Waals surface area contributed by atoms with Crippen LogP contribution in [0.2, 0.25) is 0 Å². The van der Waals surface area contributed by atoms with E-state index in [1.165, 1.54) is 0 Å². The molecule has 0 radical (unpaired) electrons. The topological polar surface area (TPSA) is 56.8 Å². The Hall–Kier alpha value is -1.59. The van der Waals surface area contributed by atoms with E-state index in [4.69, 9.17) is 15.3 Å². The normalized spacial score (nSPS) is 11.2. The van der Waals surface area contributed by atoms with Crippen molar-refractivity contribution in [2.75, 3.05) is 6.61 Å². The van der Waals surface area contributed by atoms with Crippen molar-refractivity contribution in [3.05, 3.63) is 28.2 Å². The van der Waals surface area contributed by atoms with Crippen LogP contribution in [0.1, 0.15) is 18.2 Å². The second-order valence-corrected chi connectivity index (χ2v) is 3.87. The minimum absolute atomic E-state index is 0.145. The molecule has 1 rings (SSSR count). The van der Waals surface area contributed by atoms with Gasteiger partial charge < -0.3 is 4.74 Å². The van der Waals surface area contributed by atoms with E-state index in [0.29, 0.717) is 10.2 Å². The molecule has 0 bridgehead atoms. The van der Waals surface area contributed by atoms with Gasteiger partial charge in [0, 0.05) is 10.0 Å². The molecule has 0 aliphatic carbocycles. The monoisotopic (exact) mass is 282 g/mol. The first-order valence-electron chi connectivity index (χ1n) is 4.49. The number of nitriles is 2. The molecule has 0 saturated heterocycles. The Morgan fingerprint density at radius 2 is 2.12 bits per heavy atom. The summed E-state index contributed by atoms with van der Waals surface area (Å²) in [6.07, 6.45) is -1.64. The first-order chi connectivity index (χ1) is 7.69. The van der Waals surface area contributed by atoms with E-state index < -0.39 is 6.17 Å². The summed E-state index contributed by atoms with van der Waals surface area (Å²) in [6, 6.07) is 8.38. The van der Waals surface area contributed by atoms with Crippen LogP contribution in [0.4, 0.5) is 4.39 Å². The van der Waals surface area contributed by atoms with Crippen molar-refractivity contribution >= 4 is 15.9 Å². The number of nitrogens with zero attached hydrogens (tertiary/aromatic N) is 2. The fraction of sp³-hybridized carbons (Fsp3) is 0.273. The van der Waals surface area contributed by atoms with E-state index in [1.807, 2.05) is 6.07 Å². The largest absolute Gasteiger partial charge is 0.478 e. The molecule has 0 amide bonds. The van der Waals surface area contributed by atoms with Gasteiger partial charge in [-0.15, -0.1) is 0 Å². The molecule has 0 fully saturated rings. The average molecular weight is 283 g/mol. The Bertz CT molecular complexity index is 450. The second kappa shape index (κ2) is 6.09. The molecule has 0 aliphatic heterocycles. The Kier molecular flexibility index (Phi) is 4.75. The molecule has 0 heterocycles. The van der Waals surface area contributed by atoms with Crippen molar-refractivity contribution in [3.8, 4) is 17.9 Å². The number of alkyl halides is 1. The van der Waals surface area contributed by atoms with Crippen LogP contribution in [0.3, 0.4) is 0 Å². The lowest BCUT2D eigenvalue weighted by molar-refractivity contribution is 0.316. The summed E-state index contributed by atoms with van der Waals surface area (Å²) in [5, 5.41) is 16.8. The highest BCUT2D eigenvalue weighted by Gasteiger charge is 2.15. The first kappa shape index (κ1) is 12.5. The summed E-state index contributed by atoms with van der Waals surface area (Å²) >= 11 is 3.21. The maximum atomic E-state index is 13.6. The minimum Gasteiger partial charge on any atom is -0.478 e. The Morgan fingerprint density at radius 1 is 1.38 bits per heavy atom. The van der Waals surface area contributed by atoms with E-state index in [-0.39, 0.29) is 18.6 Å². The van der Waals surface area contributed by atoms with Gasteiger partial charge in [0.05, 0.1) is 12.5 Å². The van der Waals surface area contributed by atoms with Crippen LogP contribution >= 0.6 is 15.9 Å². The minimum atomic E-state index is -1.41. The van der Waals surface area contributed by atoms with Crippen molar-refractivity contribution in [1.82, 2.24) is 0 Å². The molecule has 0 saturated carbocycles. The maximum Gasteiger partial charge on any atom is 0.174 e. The lowest BCUT2D eigenvalue weighted by atomic mass is 10.1. The number of rotatable bonds is 4. The fourth-order valence-electron chi connectivity index (χ4n) is 1.20. The molecule has 0 aliphatic rings. The lowest BCUT2D eigenvalue weighted by Gasteiger charge is -2.11. The van der Waals surface area contributed by atoms with Gasteiger partial charge in [-0.25, -0.2) is 4.39 Å².